The Bertz CT molecular complexity index is 293. The minimum atomic E-state index is -0.413. The topological polar surface area (TPSA) is 81.2 Å². The third-order valence-electron chi connectivity index (χ3n) is 1.62. The Hall–Kier alpha value is -1.36. The van der Waals surface area contributed by atoms with Gasteiger partial charge in [0.25, 0.3) is 5.91 Å². The van der Waals surface area contributed by atoms with Gasteiger partial charge in [-0.25, -0.2) is 5.84 Å². The highest BCUT2D eigenvalue weighted by Gasteiger charge is 2.15. The molecule has 13 heavy (non-hydrogen) atoms. The molecule has 72 valence electrons. The van der Waals surface area contributed by atoms with Crippen LogP contribution in [0, 0.1) is 5.92 Å². The molecule has 0 unspecified atom stereocenters. The van der Waals surface area contributed by atoms with Crippen LogP contribution in [0.15, 0.2) is 10.8 Å². The average Bonchev–Trinajstić information content (AvgIpc) is 2.50. The minimum absolute atomic E-state index is 0.274. The quantitative estimate of drug-likeness (QED) is 0.405. The summed E-state index contributed by atoms with van der Waals surface area (Å²) in [6.45, 7) is 4.11. The lowest BCUT2D eigenvalue weighted by Gasteiger charge is -2.02. The van der Waals surface area contributed by atoms with E-state index in [2.05, 4.69) is 19.0 Å². The number of carbonyl (C=O) groups excluding carboxylic acids is 1. The molecule has 1 aromatic heterocycles. The first-order valence-electron chi connectivity index (χ1n) is 4.09. The number of hydrogen-bond donors (Lipinski definition) is 2. The summed E-state index contributed by atoms with van der Waals surface area (Å²) in [5.74, 6) is 5.02. The van der Waals surface area contributed by atoms with E-state index < -0.39 is 5.91 Å². The number of nitrogens with one attached hydrogen (secondary N) is 1. The Labute approximate surface area is 76.2 Å². The van der Waals surface area contributed by atoms with E-state index in [0.717, 1.165) is 12.0 Å². The molecule has 0 aliphatic heterocycles. The molecule has 1 aromatic rings. The zero-order valence-corrected chi connectivity index (χ0v) is 7.70. The number of carbonyl (C=O) groups is 1. The van der Waals surface area contributed by atoms with Crippen LogP contribution >= 0.6 is 0 Å². The van der Waals surface area contributed by atoms with Crippen LogP contribution in [0.2, 0.25) is 0 Å². The standard InChI is InChI=1S/C8H13N3O2/c1-5(2)3-6-4-13-11-7(6)8(12)10-9/h4-5H,3,9H2,1-2H3,(H,10,12). The molecular weight excluding hydrogens is 170 g/mol. The number of nitrogen functional groups attached to an aromatic ring is 1. The monoisotopic (exact) mass is 183 g/mol. The zero-order chi connectivity index (χ0) is 9.84. The Morgan fingerprint density at radius 3 is 3.00 bits per heavy atom. The molecule has 0 atom stereocenters. The van der Waals surface area contributed by atoms with Gasteiger partial charge in [0.05, 0.1) is 0 Å². The number of rotatable bonds is 3. The molecule has 3 N–H and O–H groups in total. The number of nitrogens with two attached hydrogens (primary N) is 1. The highest BCUT2D eigenvalue weighted by atomic mass is 16.5. The van der Waals surface area contributed by atoms with Crippen molar-refractivity contribution in [1.29, 1.82) is 0 Å². The van der Waals surface area contributed by atoms with Crippen molar-refractivity contribution in [2.24, 2.45) is 11.8 Å². The lowest BCUT2D eigenvalue weighted by Crippen LogP contribution is -2.31. The fourth-order valence-corrected chi connectivity index (χ4v) is 1.10. The summed E-state index contributed by atoms with van der Waals surface area (Å²) in [6.07, 6.45) is 2.23. The van der Waals surface area contributed by atoms with Gasteiger partial charge < -0.3 is 4.52 Å². The summed E-state index contributed by atoms with van der Waals surface area (Å²) >= 11 is 0. The lowest BCUT2D eigenvalue weighted by molar-refractivity contribution is 0.0943. The molecule has 5 heteroatoms. The average molecular weight is 183 g/mol. The fourth-order valence-electron chi connectivity index (χ4n) is 1.10. The van der Waals surface area contributed by atoms with Gasteiger partial charge in [-0.2, -0.15) is 0 Å². The van der Waals surface area contributed by atoms with E-state index in [9.17, 15) is 4.79 Å². The summed E-state index contributed by atoms with van der Waals surface area (Å²) in [5.41, 5.74) is 3.08. The van der Waals surface area contributed by atoms with Crippen molar-refractivity contribution in [2.75, 3.05) is 0 Å². The Balaban J connectivity index is 2.83. The number of nitrogens with zero attached hydrogens (tertiary/aromatic N) is 1. The molecular formula is C8H13N3O2. The van der Waals surface area contributed by atoms with Crippen molar-refractivity contribution in [2.45, 2.75) is 20.3 Å². The SMILES string of the molecule is CC(C)Cc1conc1C(=O)NN. The van der Waals surface area contributed by atoms with E-state index in [4.69, 9.17) is 10.4 Å². The summed E-state index contributed by atoms with van der Waals surface area (Å²) in [7, 11) is 0. The van der Waals surface area contributed by atoms with Crippen LogP contribution in [0.3, 0.4) is 0 Å². The van der Waals surface area contributed by atoms with Crippen molar-refractivity contribution >= 4 is 5.91 Å². The van der Waals surface area contributed by atoms with Gasteiger partial charge in [-0.3, -0.25) is 10.2 Å². The van der Waals surface area contributed by atoms with Crippen molar-refractivity contribution in [3.8, 4) is 0 Å². The van der Waals surface area contributed by atoms with Crippen LogP contribution in [-0.4, -0.2) is 11.1 Å². The summed E-state index contributed by atoms with van der Waals surface area (Å²) in [6, 6.07) is 0. The molecule has 0 aliphatic rings. The minimum Gasteiger partial charge on any atom is -0.364 e. The van der Waals surface area contributed by atoms with Gasteiger partial charge in [0, 0.05) is 5.56 Å². The first-order chi connectivity index (χ1) is 6.15. The van der Waals surface area contributed by atoms with E-state index in [0.29, 0.717) is 5.92 Å². The molecule has 0 saturated carbocycles. The van der Waals surface area contributed by atoms with E-state index >= 15 is 0 Å². The normalized spacial score (nSPS) is 10.5. The largest absolute Gasteiger partial charge is 0.364 e. The van der Waals surface area contributed by atoms with Crippen LogP contribution in [-0.2, 0) is 6.42 Å². The second-order valence-electron chi connectivity index (χ2n) is 3.26. The van der Waals surface area contributed by atoms with Crippen LogP contribution in [0.1, 0.15) is 29.9 Å². The van der Waals surface area contributed by atoms with Crippen LogP contribution in [0.5, 0.6) is 0 Å². The lowest BCUT2D eigenvalue weighted by atomic mass is 10.0. The molecule has 1 rings (SSSR count). The number of aromatic nitrogens is 1. The fraction of sp³-hybridized carbons (Fsp3) is 0.500. The van der Waals surface area contributed by atoms with E-state index in [1.165, 1.54) is 6.26 Å². The summed E-state index contributed by atoms with van der Waals surface area (Å²) < 4.78 is 4.70. The molecule has 0 bridgehead atoms. The second-order valence-corrected chi connectivity index (χ2v) is 3.26. The first-order valence-corrected chi connectivity index (χ1v) is 4.09. The zero-order valence-electron chi connectivity index (χ0n) is 7.70. The molecule has 0 saturated heterocycles. The van der Waals surface area contributed by atoms with Crippen molar-refractivity contribution in [3.05, 3.63) is 17.5 Å². The molecule has 0 aliphatic carbocycles. The number of hydrazine groups is 1. The summed E-state index contributed by atoms with van der Waals surface area (Å²) in [5, 5.41) is 3.57. The predicted octanol–water partition coefficient (Wildman–Crippen LogP) is 0.477. The molecule has 1 heterocycles. The third-order valence-corrected chi connectivity index (χ3v) is 1.62. The van der Waals surface area contributed by atoms with Gasteiger partial charge >= 0.3 is 0 Å². The van der Waals surface area contributed by atoms with Crippen LogP contribution in [0.4, 0.5) is 0 Å². The predicted molar refractivity (Wildman–Crippen MR) is 46.7 cm³/mol. The van der Waals surface area contributed by atoms with Gasteiger partial charge in [0.1, 0.15) is 6.26 Å². The van der Waals surface area contributed by atoms with Gasteiger partial charge in [-0.15, -0.1) is 0 Å². The maximum absolute atomic E-state index is 11.1. The van der Waals surface area contributed by atoms with E-state index in [1.807, 2.05) is 5.43 Å². The second kappa shape index (κ2) is 4.04. The molecule has 0 spiro atoms. The van der Waals surface area contributed by atoms with Crippen LogP contribution in [0.25, 0.3) is 0 Å². The van der Waals surface area contributed by atoms with Crippen LogP contribution < -0.4 is 11.3 Å². The van der Waals surface area contributed by atoms with Gasteiger partial charge in [0.2, 0.25) is 0 Å². The Morgan fingerprint density at radius 2 is 2.46 bits per heavy atom. The van der Waals surface area contributed by atoms with Gasteiger partial charge in [-0.1, -0.05) is 19.0 Å². The summed E-state index contributed by atoms with van der Waals surface area (Å²) in [4.78, 5) is 11.1. The van der Waals surface area contributed by atoms with Crippen molar-refractivity contribution < 1.29 is 9.32 Å². The maximum Gasteiger partial charge on any atom is 0.287 e. The molecule has 5 nitrogen and oxygen atoms in total. The number of hydrogen-bond acceptors (Lipinski definition) is 4. The molecule has 0 aromatic carbocycles. The van der Waals surface area contributed by atoms with Crippen molar-refractivity contribution in [3.63, 3.8) is 0 Å². The smallest absolute Gasteiger partial charge is 0.287 e. The van der Waals surface area contributed by atoms with E-state index in [1.54, 1.807) is 0 Å². The Kier molecular flexibility index (Phi) is 3.02. The highest BCUT2D eigenvalue weighted by molar-refractivity contribution is 5.92. The van der Waals surface area contributed by atoms with E-state index in [-0.39, 0.29) is 5.69 Å². The van der Waals surface area contributed by atoms with Gasteiger partial charge in [-0.05, 0) is 12.3 Å². The third kappa shape index (κ3) is 2.29. The maximum atomic E-state index is 11.1. The number of amides is 1. The Morgan fingerprint density at radius 1 is 1.77 bits per heavy atom. The molecule has 0 radical (unpaired) electrons. The van der Waals surface area contributed by atoms with Crippen molar-refractivity contribution in [1.82, 2.24) is 10.6 Å². The highest BCUT2D eigenvalue weighted by Crippen LogP contribution is 2.11. The molecule has 1 amide bonds. The molecule has 0 fully saturated rings. The van der Waals surface area contributed by atoms with Gasteiger partial charge in [0.15, 0.2) is 5.69 Å². The first kappa shape index (κ1) is 9.73.